The molecule has 0 fully saturated rings. The molecule has 0 amide bonds. The van der Waals surface area contributed by atoms with Crippen molar-refractivity contribution in [2.45, 2.75) is 12.8 Å². The van der Waals surface area contributed by atoms with Gasteiger partial charge in [0, 0.05) is 13.0 Å². The standard InChI is InChI=1S/C10H13F2NO2/c1-10(11,12)6-15-9-5-7(14-2)3-4-8(9)13/h3-5H,6,13H2,1-2H3. The van der Waals surface area contributed by atoms with Gasteiger partial charge in [-0.3, -0.25) is 0 Å². The average molecular weight is 217 g/mol. The van der Waals surface area contributed by atoms with Gasteiger partial charge in [-0.25, -0.2) is 8.78 Å². The maximum atomic E-state index is 12.5. The average Bonchev–Trinajstić information content (AvgIpc) is 2.15. The lowest BCUT2D eigenvalue weighted by molar-refractivity contribution is -0.0227. The van der Waals surface area contributed by atoms with E-state index >= 15 is 0 Å². The van der Waals surface area contributed by atoms with Crippen molar-refractivity contribution in [3.8, 4) is 11.5 Å². The van der Waals surface area contributed by atoms with Crippen molar-refractivity contribution in [2.24, 2.45) is 0 Å². The van der Waals surface area contributed by atoms with Gasteiger partial charge in [0.15, 0.2) is 6.61 Å². The van der Waals surface area contributed by atoms with Gasteiger partial charge in [-0.2, -0.15) is 0 Å². The molecule has 1 aromatic carbocycles. The summed E-state index contributed by atoms with van der Waals surface area (Å²) >= 11 is 0. The third kappa shape index (κ3) is 3.61. The first-order valence-corrected chi connectivity index (χ1v) is 4.36. The minimum absolute atomic E-state index is 0.205. The highest BCUT2D eigenvalue weighted by Crippen LogP contribution is 2.27. The lowest BCUT2D eigenvalue weighted by Gasteiger charge is -2.14. The molecule has 0 radical (unpaired) electrons. The monoisotopic (exact) mass is 217 g/mol. The zero-order valence-corrected chi connectivity index (χ0v) is 8.59. The van der Waals surface area contributed by atoms with Crippen LogP contribution >= 0.6 is 0 Å². The lowest BCUT2D eigenvalue weighted by Crippen LogP contribution is -2.21. The summed E-state index contributed by atoms with van der Waals surface area (Å²) in [7, 11) is 1.48. The van der Waals surface area contributed by atoms with Crippen molar-refractivity contribution < 1.29 is 18.3 Å². The molecule has 0 aliphatic carbocycles. The largest absolute Gasteiger partial charge is 0.497 e. The third-order valence-electron chi connectivity index (χ3n) is 1.70. The Morgan fingerprint density at radius 2 is 2.07 bits per heavy atom. The summed E-state index contributed by atoms with van der Waals surface area (Å²) in [5, 5.41) is 0. The smallest absolute Gasteiger partial charge is 0.278 e. The quantitative estimate of drug-likeness (QED) is 0.787. The van der Waals surface area contributed by atoms with E-state index in [1.807, 2.05) is 0 Å². The van der Waals surface area contributed by atoms with Crippen LogP contribution in [0.2, 0.25) is 0 Å². The summed E-state index contributed by atoms with van der Waals surface area (Å²) in [4.78, 5) is 0. The second-order valence-corrected chi connectivity index (χ2v) is 3.26. The molecule has 1 aromatic rings. The van der Waals surface area contributed by atoms with Gasteiger partial charge < -0.3 is 15.2 Å². The van der Waals surface area contributed by atoms with E-state index in [1.54, 1.807) is 12.1 Å². The van der Waals surface area contributed by atoms with Gasteiger partial charge in [-0.15, -0.1) is 0 Å². The second kappa shape index (κ2) is 4.33. The van der Waals surface area contributed by atoms with Gasteiger partial charge in [0.05, 0.1) is 12.8 Å². The molecule has 0 aliphatic heterocycles. The Morgan fingerprint density at radius 3 is 2.60 bits per heavy atom. The summed E-state index contributed by atoms with van der Waals surface area (Å²) in [5.41, 5.74) is 5.85. The van der Waals surface area contributed by atoms with Crippen LogP contribution in [0.5, 0.6) is 11.5 Å². The van der Waals surface area contributed by atoms with Gasteiger partial charge in [0.25, 0.3) is 5.92 Å². The number of alkyl halides is 2. The number of methoxy groups -OCH3 is 1. The molecule has 15 heavy (non-hydrogen) atoms. The SMILES string of the molecule is COc1ccc(N)c(OCC(C)(F)F)c1. The fourth-order valence-electron chi connectivity index (χ4n) is 0.971. The van der Waals surface area contributed by atoms with Crippen molar-refractivity contribution in [3.05, 3.63) is 18.2 Å². The number of rotatable bonds is 4. The summed E-state index contributed by atoms with van der Waals surface area (Å²) in [6, 6.07) is 4.65. The number of halogens is 2. The van der Waals surface area contributed by atoms with Crippen LogP contribution in [0.3, 0.4) is 0 Å². The highest BCUT2D eigenvalue weighted by atomic mass is 19.3. The summed E-state index contributed by atoms with van der Waals surface area (Å²) in [5.74, 6) is -2.16. The van der Waals surface area contributed by atoms with E-state index in [-0.39, 0.29) is 5.75 Å². The highest BCUT2D eigenvalue weighted by Gasteiger charge is 2.22. The van der Waals surface area contributed by atoms with Crippen LogP contribution in [-0.4, -0.2) is 19.6 Å². The zero-order chi connectivity index (χ0) is 11.5. The van der Waals surface area contributed by atoms with E-state index in [4.69, 9.17) is 15.2 Å². The van der Waals surface area contributed by atoms with Gasteiger partial charge in [0.1, 0.15) is 11.5 Å². The molecule has 0 unspecified atom stereocenters. The first-order valence-electron chi connectivity index (χ1n) is 4.36. The molecule has 0 aliphatic rings. The number of hydrogen-bond donors (Lipinski definition) is 1. The van der Waals surface area contributed by atoms with Crippen LogP contribution in [0, 0.1) is 0 Å². The Hall–Kier alpha value is -1.52. The molecule has 0 heterocycles. The van der Waals surface area contributed by atoms with Crippen LogP contribution in [0.25, 0.3) is 0 Å². The Labute approximate surface area is 86.8 Å². The van der Waals surface area contributed by atoms with E-state index < -0.39 is 12.5 Å². The molecule has 5 heteroatoms. The van der Waals surface area contributed by atoms with Crippen molar-refractivity contribution in [2.75, 3.05) is 19.5 Å². The fourth-order valence-corrected chi connectivity index (χ4v) is 0.971. The number of ether oxygens (including phenoxy) is 2. The van der Waals surface area contributed by atoms with Crippen molar-refractivity contribution >= 4 is 5.69 Å². The lowest BCUT2D eigenvalue weighted by atomic mass is 10.3. The molecule has 3 nitrogen and oxygen atoms in total. The van der Waals surface area contributed by atoms with E-state index in [2.05, 4.69) is 0 Å². The predicted molar refractivity (Wildman–Crippen MR) is 53.5 cm³/mol. The molecule has 0 spiro atoms. The number of anilines is 1. The molecular formula is C10H13F2NO2. The Bertz CT molecular complexity index is 337. The number of nitrogens with two attached hydrogens (primary N) is 1. The van der Waals surface area contributed by atoms with Gasteiger partial charge >= 0.3 is 0 Å². The van der Waals surface area contributed by atoms with E-state index in [0.29, 0.717) is 11.4 Å². The van der Waals surface area contributed by atoms with Crippen molar-refractivity contribution in [1.29, 1.82) is 0 Å². The van der Waals surface area contributed by atoms with Gasteiger partial charge in [-0.05, 0) is 12.1 Å². The van der Waals surface area contributed by atoms with Crippen LogP contribution in [0.15, 0.2) is 18.2 Å². The van der Waals surface area contributed by atoms with E-state index in [1.165, 1.54) is 13.2 Å². The number of nitrogen functional groups attached to an aromatic ring is 1. The van der Waals surface area contributed by atoms with Gasteiger partial charge in [0.2, 0.25) is 0 Å². The van der Waals surface area contributed by atoms with Crippen molar-refractivity contribution in [3.63, 3.8) is 0 Å². The zero-order valence-electron chi connectivity index (χ0n) is 8.59. The van der Waals surface area contributed by atoms with Crippen LogP contribution < -0.4 is 15.2 Å². The molecular weight excluding hydrogens is 204 g/mol. The molecule has 0 aromatic heterocycles. The van der Waals surface area contributed by atoms with Crippen LogP contribution in [0.4, 0.5) is 14.5 Å². The van der Waals surface area contributed by atoms with Crippen molar-refractivity contribution in [1.82, 2.24) is 0 Å². The molecule has 0 bridgehead atoms. The van der Waals surface area contributed by atoms with E-state index in [0.717, 1.165) is 6.92 Å². The first-order chi connectivity index (χ1) is 6.92. The third-order valence-corrected chi connectivity index (χ3v) is 1.70. The summed E-state index contributed by atoms with van der Waals surface area (Å²) < 4.78 is 34.9. The molecule has 84 valence electrons. The molecule has 0 saturated heterocycles. The molecule has 0 atom stereocenters. The number of hydrogen-bond acceptors (Lipinski definition) is 3. The predicted octanol–water partition coefficient (Wildman–Crippen LogP) is 2.31. The van der Waals surface area contributed by atoms with Crippen LogP contribution in [0.1, 0.15) is 6.92 Å². The fraction of sp³-hybridized carbons (Fsp3) is 0.400. The maximum absolute atomic E-state index is 12.5. The molecule has 2 N–H and O–H groups in total. The minimum Gasteiger partial charge on any atom is -0.497 e. The minimum atomic E-state index is -2.88. The Balaban J connectivity index is 2.75. The number of benzene rings is 1. The van der Waals surface area contributed by atoms with E-state index in [9.17, 15) is 8.78 Å². The Morgan fingerprint density at radius 1 is 1.40 bits per heavy atom. The van der Waals surface area contributed by atoms with Gasteiger partial charge in [-0.1, -0.05) is 0 Å². The normalized spacial score (nSPS) is 11.2. The first kappa shape index (κ1) is 11.6. The molecule has 1 rings (SSSR count). The highest BCUT2D eigenvalue weighted by molar-refractivity contribution is 5.55. The summed E-state index contributed by atoms with van der Waals surface area (Å²) in [6.45, 7) is 0.0771. The molecule has 0 saturated carbocycles. The van der Waals surface area contributed by atoms with Crippen LogP contribution in [-0.2, 0) is 0 Å². The summed E-state index contributed by atoms with van der Waals surface area (Å²) in [6.07, 6.45) is 0. The topological polar surface area (TPSA) is 44.5 Å². The second-order valence-electron chi connectivity index (χ2n) is 3.26. The Kier molecular flexibility index (Phi) is 3.34. The maximum Gasteiger partial charge on any atom is 0.278 e.